The molecule has 0 heterocycles. The maximum Gasteiger partial charge on any atom is 0.0736 e. The third kappa shape index (κ3) is 3.01. The Kier molecular flexibility index (Phi) is 4.19. The van der Waals surface area contributed by atoms with Crippen LogP contribution < -0.4 is 0 Å². The van der Waals surface area contributed by atoms with Crippen molar-refractivity contribution in [3.8, 4) is 0 Å². The molecule has 112 valence electrons. The van der Waals surface area contributed by atoms with Gasteiger partial charge in [0, 0.05) is 0 Å². The summed E-state index contributed by atoms with van der Waals surface area (Å²) in [5, 5.41) is 24.1. The average molecular weight is 294 g/mol. The van der Waals surface area contributed by atoms with Gasteiger partial charge in [-0.2, -0.15) is 0 Å². The van der Waals surface area contributed by atoms with Crippen molar-refractivity contribution in [3.63, 3.8) is 0 Å². The molecule has 0 aliphatic heterocycles. The van der Waals surface area contributed by atoms with Crippen molar-refractivity contribution in [1.82, 2.24) is 0 Å². The molecule has 4 bridgehead atoms. The van der Waals surface area contributed by atoms with Crippen molar-refractivity contribution < 1.29 is 10.4 Å². The Balaban J connectivity index is 2.04. The van der Waals surface area contributed by atoms with Crippen LogP contribution in [0.15, 0.2) is 46.7 Å². The lowest BCUT2D eigenvalue weighted by molar-refractivity contribution is 0.321. The van der Waals surface area contributed by atoms with Crippen molar-refractivity contribution in [1.29, 1.82) is 0 Å². The summed E-state index contributed by atoms with van der Waals surface area (Å²) >= 11 is 0. The van der Waals surface area contributed by atoms with Crippen LogP contribution in [-0.4, -0.2) is 22.8 Å². The van der Waals surface area contributed by atoms with E-state index in [9.17, 15) is 0 Å². The fourth-order valence-electron chi connectivity index (χ4n) is 2.98. The predicted molar refractivity (Wildman–Crippen MR) is 86.5 cm³/mol. The average Bonchev–Trinajstić information content (AvgIpc) is 2.52. The number of nitrogens with zero attached hydrogens (tertiary/aromatic N) is 2. The Hall–Kier alpha value is -2.62. The van der Waals surface area contributed by atoms with Gasteiger partial charge in [0.2, 0.25) is 0 Å². The number of hydrogen-bond acceptors (Lipinski definition) is 4. The predicted octanol–water partition coefficient (Wildman–Crippen LogP) is 3.19. The monoisotopic (exact) mass is 294 g/mol. The van der Waals surface area contributed by atoms with Crippen molar-refractivity contribution >= 4 is 12.4 Å². The largest absolute Gasteiger partial charge is 0.411 e. The zero-order valence-corrected chi connectivity index (χ0v) is 12.2. The highest BCUT2D eigenvalue weighted by Crippen LogP contribution is 2.20. The molecule has 0 fully saturated rings. The first-order chi connectivity index (χ1) is 10.8. The van der Waals surface area contributed by atoms with Crippen LogP contribution in [0.3, 0.4) is 0 Å². The molecule has 0 saturated heterocycles. The maximum absolute atomic E-state index is 8.86. The van der Waals surface area contributed by atoms with E-state index < -0.39 is 0 Å². The van der Waals surface area contributed by atoms with Gasteiger partial charge in [-0.15, -0.1) is 0 Å². The molecule has 0 saturated carbocycles. The quantitative estimate of drug-likeness (QED) is 0.507. The summed E-state index contributed by atoms with van der Waals surface area (Å²) in [6.45, 7) is 0. The molecular formula is C18H18N2O2. The molecule has 4 aliphatic carbocycles. The van der Waals surface area contributed by atoms with Crippen LogP contribution in [0.25, 0.3) is 0 Å². The Bertz CT molecular complexity index is 672. The lowest BCUT2D eigenvalue weighted by Crippen LogP contribution is -2.04. The van der Waals surface area contributed by atoms with E-state index in [-0.39, 0.29) is 0 Å². The zero-order chi connectivity index (χ0) is 15.4. The highest BCUT2D eigenvalue weighted by atomic mass is 16.4. The van der Waals surface area contributed by atoms with E-state index in [1.165, 1.54) is 23.6 Å². The summed E-state index contributed by atoms with van der Waals surface area (Å²) in [5.74, 6) is 0. The van der Waals surface area contributed by atoms with Crippen LogP contribution in [0.5, 0.6) is 0 Å². The van der Waals surface area contributed by atoms with Crippen LogP contribution >= 0.6 is 0 Å². The minimum atomic E-state index is 0.841. The van der Waals surface area contributed by atoms with E-state index >= 15 is 0 Å². The highest BCUT2D eigenvalue weighted by molar-refractivity contribution is 5.82. The molecule has 22 heavy (non-hydrogen) atoms. The van der Waals surface area contributed by atoms with Gasteiger partial charge in [-0.3, -0.25) is 0 Å². The molecule has 2 aromatic rings. The Morgan fingerprint density at radius 1 is 0.682 bits per heavy atom. The normalized spacial score (nSPS) is 14.5. The first-order valence-corrected chi connectivity index (χ1v) is 7.38. The fourth-order valence-corrected chi connectivity index (χ4v) is 2.98. The van der Waals surface area contributed by atoms with Gasteiger partial charge in [-0.05, 0) is 71.2 Å². The Morgan fingerprint density at radius 3 is 1.55 bits per heavy atom. The van der Waals surface area contributed by atoms with Crippen LogP contribution in [0.4, 0.5) is 0 Å². The Labute approximate surface area is 129 Å². The van der Waals surface area contributed by atoms with Gasteiger partial charge in [-0.25, -0.2) is 0 Å². The molecule has 0 radical (unpaired) electrons. The molecule has 0 atom stereocenters. The topological polar surface area (TPSA) is 65.2 Å². The fraction of sp³-hybridized carbons (Fsp3) is 0.222. The smallest absolute Gasteiger partial charge is 0.0736 e. The minimum Gasteiger partial charge on any atom is -0.411 e. The zero-order valence-electron chi connectivity index (χ0n) is 12.2. The standard InChI is InChI=1S/C18H18N2O2/c21-19-11-17-9-13-1-2-14-4-6-16(18(10-14)12-20-22)8-7-15(17)5-3-13/h3-6,9-12,21-22H,1-2,7-8H2/b19-11+,20-12?. The van der Waals surface area contributed by atoms with Crippen LogP contribution in [0.1, 0.15) is 33.4 Å². The van der Waals surface area contributed by atoms with Crippen LogP contribution in [-0.2, 0) is 25.7 Å². The summed E-state index contributed by atoms with van der Waals surface area (Å²) in [7, 11) is 0. The van der Waals surface area contributed by atoms with Gasteiger partial charge < -0.3 is 10.4 Å². The number of rotatable bonds is 2. The van der Waals surface area contributed by atoms with Gasteiger partial charge in [0.25, 0.3) is 0 Å². The van der Waals surface area contributed by atoms with E-state index in [1.54, 1.807) is 0 Å². The SMILES string of the molecule is ON=Cc1cc2ccc1CCc1ccc(cc1/C=N/O)CC2. The first-order valence-electron chi connectivity index (χ1n) is 7.38. The van der Waals surface area contributed by atoms with Gasteiger partial charge in [0.05, 0.1) is 12.4 Å². The lowest BCUT2D eigenvalue weighted by Gasteiger charge is -2.14. The molecule has 6 rings (SSSR count). The molecule has 2 N–H and O–H groups in total. The molecule has 0 aromatic heterocycles. The van der Waals surface area contributed by atoms with E-state index in [4.69, 9.17) is 10.4 Å². The van der Waals surface area contributed by atoms with Crippen molar-refractivity contribution in [2.45, 2.75) is 25.7 Å². The van der Waals surface area contributed by atoms with E-state index in [2.05, 4.69) is 46.7 Å². The molecule has 4 aliphatic rings. The third-order valence-electron chi connectivity index (χ3n) is 4.18. The Morgan fingerprint density at radius 2 is 1.14 bits per heavy atom. The summed E-state index contributed by atoms with van der Waals surface area (Å²) in [5.41, 5.74) is 6.68. The minimum absolute atomic E-state index is 0.841. The van der Waals surface area contributed by atoms with Crippen LogP contribution in [0, 0.1) is 0 Å². The van der Waals surface area contributed by atoms with Gasteiger partial charge in [0.15, 0.2) is 0 Å². The second kappa shape index (κ2) is 6.43. The van der Waals surface area contributed by atoms with Gasteiger partial charge in [0.1, 0.15) is 0 Å². The number of aryl methyl sites for hydroxylation is 4. The van der Waals surface area contributed by atoms with Crippen molar-refractivity contribution in [2.75, 3.05) is 0 Å². The summed E-state index contributed by atoms with van der Waals surface area (Å²) in [6, 6.07) is 12.7. The van der Waals surface area contributed by atoms with E-state index in [0.29, 0.717) is 0 Å². The van der Waals surface area contributed by atoms with Crippen LogP contribution in [0.2, 0.25) is 0 Å². The summed E-state index contributed by atoms with van der Waals surface area (Å²) in [4.78, 5) is 0. The van der Waals surface area contributed by atoms with Gasteiger partial charge in [-0.1, -0.05) is 34.6 Å². The molecular weight excluding hydrogens is 276 g/mol. The molecule has 2 aromatic carbocycles. The van der Waals surface area contributed by atoms with Crippen molar-refractivity contribution in [2.24, 2.45) is 10.3 Å². The number of benzene rings is 2. The molecule has 0 amide bonds. The number of oxime groups is 2. The third-order valence-corrected chi connectivity index (χ3v) is 4.18. The second-order valence-electron chi connectivity index (χ2n) is 5.56. The maximum atomic E-state index is 8.86. The molecule has 0 spiro atoms. The van der Waals surface area contributed by atoms with Gasteiger partial charge >= 0.3 is 0 Å². The number of hydrogen-bond donors (Lipinski definition) is 2. The lowest BCUT2D eigenvalue weighted by atomic mass is 9.91. The molecule has 4 nitrogen and oxygen atoms in total. The summed E-state index contributed by atoms with van der Waals surface area (Å²) < 4.78 is 0. The molecule has 4 heteroatoms. The van der Waals surface area contributed by atoms with E-state index in [1.807, 2.05) is 0 Å². The van der Waals surface area contributed by atoms with E-state index in [0.717, 1.165) is 47.9 Å². The first kappa shape index (κ1) is 14.3. The van der Waals surface area contributed by atoms with Crippen molar-refractivity contribution in [3.05, 3.63) is 69.8 Å². The second-order valence-corrected chi connectivity index (χ2v) is 5.56. The summed E-state index contributed by atoms with van der Waals surface area (Å²) in [6.07, 6.45) is 6.52. The highest BCUT2D eigenvalue weighted by Gasteiger charge is 2.09. The molecule has 0 unspecified atom stereocenters.